The molecular weight excluding hydrogens is 687 g/mol. The molecule has 8 rings (SSSR count). The van der Waals surface area contributed by atoms with Crippen molar-refractivity contribution in [1.82, 2.24) is 0 Å². The third-order valence-corrected chi connectivity index (χ3v) is 11.9. The predicted octanol–water partition coefficient (Wildman–Crippen LogP) is 15.7. The van der Waals surface area contributed by atoms with E-state index in [0.717, 1.165) is 5.69 Å². The van der Waals surface area contributed by atoms with Gasteiger partial charge in [-0.05, 0) is 95.8 Å². The van der Waals surface area contributed by atoms with Crippen molar-refractivity contribution >= 4 is 33.4 Å². The van der Waals surface area contributed by atoms with E-state index in [1.54, 1.807) is 0 Å². The summed E-state index contributed by atoms with van der Waals surface area (Å²) < 4.78 is 0. The van der Waals surface area contributed by atoms with Crippen molar-refractivity contribution in [3.8, 4) is 11.1 Å². The first kappa shape index (κ1) is 38.2. The third-order valence-electron chi connectivity index (χ3n) is 11.9. The molecule has 57 heavy (non-hydrogen) atoms. The Morgan fingerprint density at radius 2 is 1.12 bits per heavy atom. The molecule has 0 N–H and O–H groups in total. The van der Waals surface area contributed by atoms with Crippen LogP contribution in [0.15, 0.2) is 175 Å². The normalized spacial score (nSPS) is 16.9. The lowest BCUT2D eigenvalue weighted by Crippen LogP contribution is -2.23. The van der Waals surface area contributed by atoms with Gasteiger partial charge in [-0.1, -0.05) is 208 Å². The smallest absolute Gasteiger partial charge is 0.0543 e. The molecule has 0 spiro atoms. The maximum absolute atomic E-state index is 2.55. The van der Waals surface area contributed by atoms with Gasteiger partial charge in [-0.3, -0.25) is 0 Å². The van der Waals surface area contributed by atoms with Gasteiger partial charge < -0.3 is 4.90 Å². The van der Waals surface area contributed by atoms with Crippen LogP contribution < -0.4 is 4.90 Å². The molecule has 2 aliphatic rings. The number of hydrogen-bond donors (Lipinski definition) is 0. The van der Waals surface area contributed by atoms with E-state index >= 15 is 0 Å². The average molecular weight is 744 g/mol. The summed E-state index contributed by atoms with van der Waals surface area (Å²) in [6, 6.07) is 50.2. The van der Waals surface area contributed by atoms with E-state index in [2.05, 4.69) is 237 Å². The summed E-state index contributed by atoms with van der Waals surface area (Å²) in [7, 11) is 0. The largest absolute Gasteiger partial charge is 0.310 e. The van der Waals surface area contributed by atoms with Crippen LogP contribution in [-0.4, -0.2) is 0 Å². The van der Waals surface area contributed by atoms with Crippen LogP contribution in [0.4, 0.5) is 17.1 Å². The summed E-state index contributed by atoms with van der Waals surface area (Å²) >= 11 is 0. The molecule has 1 heteroatoms. The van der Waals surface area contributed by atoms with Crippen LogP contribution in [0.5, 0.6) is 0 Å². The molecule has 0 heterocycles. The van der Waals surface area contributed by atoms with Gasteiger partial charge in [0.1, 0.15) is 0 Å². The third kappa shape index (κ3) is 7.61. The minimum absolute atomic E-state index is 0.0244. The molecule has 6 aromatic carbocycles. The lowest BCUT2D eigenvalue weighted by Gasteiger charge is -2.37. The van der Waals surface area contributed by atoms with Crippen LogP contribution >= 0.6 is 0 Å². The van der Waals surface area contributed by atoms with Crippen LogP contribution in [0, 0.1) is 5.92 Å². The second kappa shape index (κ2) is 14.7. The zero-order chi connectivity index (χ0) is 40.1. The van der Waals surface area contributed by atoms with Crippen LogP contribution in [0.1, 0.15) is 96.0 Å². The number of nitrogens with zero attached hydrogens (tertiary/aromatic N) is 1. The molecule has 2 aliphatic carbocycles. The molecule has 0 fully saturated rings. The first-order chi connectivity index (χ1) is 27.2. The number of fused-ring (bicyclic) bond motifs is 2. The van der Waals surface area contributed by atoms with Gasteiger partial charge >= 0.3 is 0 Å². The maximum atomic E-state index is 2.55. The van der Waals surface area contributed by atoms with Crippen molar-refractivity contribution in [3.05, 3.63) is 203 Å². The Kier molecular flexibility index (Phi) is 9.85. The Hall–Kier alpha value is -5.66. The molecule has 0 aromatic heterocycles. The van der Waals surface area contributed by atoms with Crippen LogP contribution in [0.3, 0.4) is 0 Å². The molecule has 2 atom stereocenters. The van der Waals surface area contributed by atoms with Gasteiger partial charge in [-0.25, -0.2) is 0 Å². The molecule has 0 bridgehead atoms. The van der Waals surface area contributed by atoms with E-state index in [1.165, 1.54) is 72.2 Å². The minimum Gasteiger partial charge on any atom is -0.310 e. The van der Waals surface area contributed by atoms with Crippen molar-refractivity contribution in [2.45, 2.75) is 84.5 Å². The fourth-order valence-electron chi connectivity index (χ4n) is 8.57. The highest BCUT2D eigenvalue weighted by atomic mass is 15.1. The second-order valence-corrected chi connectivity index (χ2v) is 19.1. The second-order valence-electron chi connectivity index (χ2n) is 19.1. The summed E-state index contributed by atoms with van der Waals surface area (Å²) in [6.07, 6.45) is 14.0. The molecule has 2 unspecified atom stereocenters. The van der Waals surface area contributed by atoms with Crippen molar-refractivity contribution in [3.63, 3.8) is 0 Å². The summed E-state index contributed by atoms with van der Waals surface area (Å²) in [5, 5.41) is 2.46. The highest BCUT2D eigenvalue weighted by molar-refractivity contribution is 5.94. The SMILES string of the molecule is CC(C)(C)c1cc(C2=CC=CC3=CC=CC(c4ccccc4N(c4ccc5ccccc5c4)c4cc(C(C)(C)C)ccc4-c4ccccc4)C32)cc(C(C)(C)C)c1. The van der Waals surface area contributed by atoms with E-state index < -0.39 is 0 Å². The van der Waals surface area contributed by atoms with Gasteiger partial charge in [0.05, 0.1) is 5.69 Å². The number of para-hydroxylation sites is 1. The number of anilines is 3. The molecule has 1 nitrogen and oxygen atoms in total. The van der Waals surface area contributed by atoms with E-state index in [4.69, 9.17) is 0 Å². The van der Waals surface area contributed by atoms with Crippen LogP contribution in [0.25, 0.3) is 27.5 Å². The Morgan fingerprint density at radius 1 is 0.474 bits per heavy atom. The Morgan fingerprint density at radius 3 is 1.82 bits per heavy atom. The van der Waals surface area contributed by atoms with E-state index in [9.17, 15) is 0 Å². The van der Waals surface area contributed by atoms with E-state index in [-0.39, 0.29) is 28.1 Å². The predicted molar refractivity (Wildman–Crippen MR) is 247 cm³/mol. The van der Waals surface area contributed by atoms with Crippen LogP contribution in [-0.2, 0) is 16.2 Å². The maximum Gasteiger partial charge on any atom is 0.0543 e. The van der Waals surface area contributed by atoms with Gasteiger partial charge in [-0.2, -0.15) is 0 Å². The first-order valence-electron chi connectivity index (χ1n) is 20.7. The van der Waals surface area contributed by atoms with E-state index in [0.29, 0.717) is 0 Å². The van der Waals surface area contributed by atoms with E-state index in [1.807, 2.05) is 0 Å². The number of rotatable bonds is 6. The summed E-state index contributed by atoms with van der Waals surface area (Å²) in [6.45, 7) is 20.9. The first-order valence-corrected chi connectivity index (χ1v) is 20.7. The van der Waals surface area contributed by atoms with Gasteiger partial charge in [0.2, 0.25) is 0 Å². The Balaban J connectivity index is 1.36. The van der Waals surface area contributed by atoms with Gasteiger partial charge in [0.25, 0.3) is 0 Å². The van der Waals surface area contributed by atoms with Crippen molar-refractivity contribution < 1.29 is 0 Å². The van der Waals surface area contributed by atoms with Gasteiger partial charge in [-0.15, -0.1) is 0 Å². The zero-order valence-electron chi connectivity index (χ0n) is 35.3. The lowest BCUT2D eigenvalue weighted by atomic mass is 9.69. The Bertz CT molecular complexity index is 2540. The molecule has 0 saturated heterocycles. The molecule has 6 aromatic rings. The monoisotopic (exact) mass is 743 g/mol. The van der Waals surface area contributed by atoms with Crippen molar-refractivity contribution in [2.75, 3.05) is 4.90 Å². The minimum atomic E-state index is -0.0357. The number of hydrogen-bond acceptors (Lipinski definition) is 1. The summed E-state index contributed by atoms with van der Waals surface area (Å²) in [5.74, 6) is 0.250. The molecule has 0 amide bonds. The highest BCUT2D eigenvalue weighted by Gasteiger charge is 2.35. The fraction of sp³-hybridized carbons (Fsp3) is 0.250. The molecule has 286 valence electrons. The molecule has 0 aliphatic heterocycles. The molecule has 0 radical (unpaired) electrons. The van der Waals surface area contributed by atoms with Crippen molar-refractivity contribution in [2.24, 2.45) is 5.92 Å². The van der Waals surface area contributed by atoms with Crippen molar-refractivity contribution in [1.29, 1.82) is 0 Å². The van der Waals surface area contributed by atoms with Gasteiger partial charge in [0, 0.05) is 28.8 Å². The zero-order valence-corrected chi connectivity index (χ0v) is 35.3. The Labute approximate surface area is 341 Å². The topological polar surface area (TPSA) is 3.24 Å². The van der Waals surface area contributed by atoms with Crippen LogP contribution in [0.2, 0.25) is 0 Å². The summed E-state index contributed by atoms with van der Waals surface area (Å²) in [4.78, 5) is 2.55. The lowest BCUT2D eigenvalue weighted by molar-refractivity contribution is 0.567. The summed E-state index contributed by atoms with van der Waals surface area (Å²) in [5.41, 5.74) is 15.4. The standard InChI is InChI=1S/C56H57N/c1-54(2,3)43-30-32-47(39-20-11-10-12-21-39)52(37-43)57(46-31-29-38-19-13-14-22-41(38)35-46)51-28-16-15-25-49(51)50-27-18-24-40-23-17-26-48(53(40)50)42-33-44(55(4,5)6)36-45(34-42)56(7,8)9/h10-37,50,53H,1-9H3. The quantitative estimate of drug-likeness (QED) is 0.164. The number of benzene rings is 6. The van der Waals surface area contributed by atoms with Gasteiger partial charge in [0.15, 0.2) is 0 Å². The molecule has 0 saturated carbocycles. The molecular formula is C56H57N. The fourth-order valence-corrected chi connectivity index (χ4v) is 8.57. The average Bonchev–Trinajstić information content (AvgIpc) is 3.20. The number of allylic oxidation sites excluding steroid dienone is 8. The highest BCUT2D eigenvalue weighted by Crippen LogP contribution is 2.51.